The highest BCUT2D eigenvalue weighted by atomic mass is 35.5. The summed E-state index contributed by atoms with van der Waals surface area (Å²) >= 11 is 0. The van der Waals surface area contributed by atoms with Gasteiger partial charge in [0.15, 0.2) is 0 Å². The fraction of sp³-hybridized carbons (Fsp3) is 0.588. The van der Waals surface area contributed by atoms with Crippen molar-refractivity contribution in [1.29, 1.82) is 0 Å². The van der Waals surface area contributed by atoms with Gasteiger partial charge in [-0.15, -0.1) is 12.4 Å². The quantitative estimate of drug-likeness (QED) is 0.850. The highest BCUT2D eigenvalue weighted by molar-refractivity contribution is 5.85. The minimum Gasteiger partial charge on any atom is -0.373 e. The van der Waals surface area contributed by atoms with Gasteiger partial charge in [0.1, 0.15) is 0 Å². The molecule has 0 radical (unpaired) electrons. The van der Waals surface area contributed by atoms with E-state index < -0.39 is 11.7 Å². The Kier molecular flexibility index (Phi) is 6.35. The van der Waals surface area contributed by atoms with Crippen LogP contribution in [0.15, 0.2) is 24.3 Å². The van der Waals surface area contributed by atoms with Crippen LogP contribution in [0, 0.1) is 0 Å². The molecule has 1 amide bonds. The monoisotopic (exact) mass is 378 g/mol. The van der Waals surface area contributed by atoms with Crippen LogP contribution in [0.3, 0.4) is 0 Å². The van der Waals surface area contributed by atoms with E-state index in [1.807, 2.05) is 0 Å². The topological polar surface area (TPSA) is 50.4 Å². The molecule has 25 heavy (non-hydrogen) atoms. The molecular weight excluding hydrogens is 357 g/mol. The summed E-state index contributed by atoms with van der Waals surface area (Å²) in [4.78, 5) is 12.1. The van der Waals surface area contributed by atoms with Gasteiger partial charge in [-0.25, -0.2) is 0 Å². The van der Waals surface area contributed by atoms with Crippen LogP contribution < -0.4 is 10.6 Å². The molecule has 2 saturated heterocycles. The minimum atomic E-state index is -4.40. The maximum absolute atomic E-state index is 12.7. The molecule has 0 aromatic heterocycles. The summed E-state index contributed by atoms with van der Waals surface area (Å²) in [5.74, 6) is -0.270. The molecule has 0 aliphatic carbocycles. The fourth-order valence-corrected chi connectivity index (χ4v) is 3.49. The van der Waals surface area contributed by atoms with Gasteiger partial charge in [0, 0.05) is 0 Å². The molecule has 2 aliphatic rings. The largest absolute Gasteiger partial charge is 0.416 e. The third kappa shape index (κ3) is 5.09. The van der Waals surface area contributed by atoms with E-state index in [2.05, 4.69) is 10.6 Å². The van der Waals surface area contributed by atoms with Crippen molar-refractivity contribution < 1.29 is 22.7 Å². The average molecular weight is 379 g/mol. The third-order valence-electron chi connectivity index (χ3n) is 4.71. The van der Waals surface area contributed by atoms with Crippen molar-refractivity contribution in [3.8, 4) is 0 Å². The number of carbonyl (C=O) groups excluding carboxylic acids is 1. The van der Waals surface area contributed by atoms with Crippen molar-refractivity contribution in [2.24, 2.45) is 0 Å². The Morgan fingerprint density at radius 3 is 2.72 bits per heavy atom. The summed E-state index contributed by atoms with van der Waals surface area (Å²) < 4.78 is 44.0. The third-order valence-corrected chi connectivity index (χ3v) is 4.71. The molecule has 0 saturated carbocycles. The molecule has 1 aromatic carbocycles. The Morgan fingerprint density at radius 2 is 2.04 bits per heavy atom. The summed E-state index contributed by atoms with van der Waals surface area (Å²) in [6, 6.07) is 4.83. The first-order valence-corrected chi connectivity index (χ1v) is 8.17. The van der Waals surface area contributed by atoms with Gasteiger partial charge in [-0.1, -0.05) is 18.2 Å². The van der Waals surface area contributed by atoms with E-state index in [1.165, 1.54) is 12.1 Å². The number of rotatable bonds is 3. The van der Waals surface area contributed by atoms with Gasteiger partial charge in [0.05, 0.1) is 30.2 Å². The molecule has 1 unspecified atom stereocenters. The van der Waals surface area contributed by atoms with Gasteiger partial charge >= 0.3 is 6.18 Å². The molecule has 4 nitrogen and oxygen atoms in total. The molecule has 1 aromatic rings. The van der Waals surface area contributed by atoms with E-state index in [4.69, 9.17) is 4.74 Å². The van der Waals surface area contributed by atoms with Crippen LogP contribution in [-0.4, -0.2) is 37.2 Å². The minimum absolute atomic E-state index is 0. The van der Waals surface area contributed by atoms with Gasteiger partial charge in [0.2, 0.25) is 5.91 Å². The maximum Gasteiger partial charge on any atom is 0.416 e. The molecule has 0 bridgehead atoms. The summed E-state index contributed by atoms with van der Waals surface area (Å²) in [5.41, 5.74) is -0.525. The zero-order chi connectivity index (χ0) is 17.2. The Bertz CT molecular complexity index is 604. The first-order valence-electron chi connectivity index (χ1n) is 8.17. The van der Waals surface area contributed by atoms with Crippen LogP contribution in [0.5, 0.6) is 0 Å². The summed E-state index contributed by atoms with van der Waals surface area (Å²) in [6.45, 7) is 2.28. The Morgan fingerprint density at radius 1 is 1.32 bits per heavy atom. The molecule has 3 rings (SSSR count). The predicted octanol–water partition coefficient (Wildman–Crippen LogP) is 2.70. The standard InChI is InChI=1S/C17H21F3N2O2.ClH/c18-17(19,20)13-3-1-2-12(8-13)9-15(23)22-14-10-16(24-11-14)4-6-21-7-5-16;/h1-3,8,14,21H,4-7,9-11H2,(H,22,23);1H. The molecule has 140 valence electrons. The second-order valence-corrected chi connectivity index (χ2v) is 6.59. The molecule has 2 N–H and O–H groups in total. The number of hydrogen-bond donors (Lipinski definition) is 2. The first-order chi connectivity index (χ1) is 11.4. The highest BCUT2D eigenvalue weighted by Crippen LogP contribution is 2.34. The zero-order valence-corrected chi connectivity index (χ0v) is 14.5. The molecule has 2 heterocycles. The van der Waals surface area contributed by atoms with E-state index in [1.54, 1.807) is 0 Å². The lowest BCUT2D eigenvalue weighted by Gasteiger charge is -2.32. The van der Waals surface area contributed by atoms with Crippen molar-refractivity contribution in [3.05, 3.63) is 35.4 Å². The summed E-state index contributed by atoms with van der Waals surface area (Å²) in [6.07, 6.45) is -1.84. The Balaban J connectivity index is 0.00000225. The van der Waals surface area contributed by atoms with Gasteiger partial charge in [-0.05, 0) is 44.0 Å². The predicted molar refractivity (Wildman–Crippen MR) is 89.7 cm³/mol. The van der Waals surface area contributed by atoms with Gasteiger partial charge in [0.25, 0.3) is 0 Å². The number of nitrogens with one attached hydrogen (secondary N) is 2. The van der Waals surface area contributed by atoms with E-state index >= 15 is 0 Å². The SMILES string of the molecule is Cl.O=C(Cc1cccc(C(F)(F)F)c1)NC1COC2(CCNCC2)C1. The van der Waals surface area contributed by atoms with Gasteiger partial charge < -0.3 is 15.4 Å². The number of hydrogen-bond acceptors (Lipinski definition) is 3. The van der Waals surface area contributed by atoms with Crippen LogP contribution >= 0.6 is 12.4 Å². The van der Waals surface area contributed by atoms with Gasteiger partial charge in [-0.3, -0.25) is 4.79 Å². The first kappa shape index (κ1) is 20.0. The normalized spacial score (nSPS) is 22.4. The Hall–Kier alpha value is -1.31. The van der Waals surface area contributed by atoms with Crippen molar-refractivity contribution in [2.45, 2.75) is 43.5 Å². The summed E-state index contributed by atoms with van der Waals surface area (Å²) in [7, 11) is 0. The molecule has 8 heteroatoms. The number of amides is 1. The number of carbonyl (C=O) groups is 1. The van der Waals surface area contributed by atoms with Crippen LogP contribution in [-0.2, 0) is 22.1 Å². The number of ether oxygens (including phenoxy) is 1. The molecule has 1 spiro atoms. The lowest BCUT2D eigenvalue weighted by Crippen LogP contribution is -2.43. The molecule has 1 atom stereocenters. The average Bonchev–Trinajstić information content (AvgIpc) is 2.89. The van der Waals surface area contributed by atoms with Crippen molar-refractivity contribution in [2.75, 3.05) is 19.7 Å². The molecular formula is C17H22ClF3N2O2. The van der Waals surface area contributed by atoms with E-state index in [9.17, 15) is 18.0 Å². The lowest BCUT2D eigenvalue weighted by atomic mass is 9.88. The van der Waals surface area contributed by atoms with E-state index in [0.717, 1.165) is 44.5 Å². The van der Waals surface area contributed by atoms with Crippen LogP contribution in [0.25, 0.3) is 0 Å². The van der Waals surface area contributed by atoms with Crippen LogP contribution in [0.2, 0.25) is 0 Å². The maximum atomic E-state index is 12.7. The second-order valence-electron chi connectivity index (χ2n) is 6.59. The van der Waals surface area contributed by atoms with Crippen LogP contribution in [0.4, 0.5) is 13.2 Å². The zero-order valence-electron chi connectivity index (χ0n) is 13.7. The van der Waals surface area contributed by atoms with E-state index in [-0.39, 0.29) is 36.4 Å². The lowest BCUT2D eigenvalue weighted by molar-refractivity contribution is -0.137. The van der Waals surface area contributed by atoms with Crippen LogP contribution in [0.1, 0.15) is 30.4 Å². The molecule has 2 aliphatic heterocycles. The Labute approximate surface area is 150 Å². The smallest absolute Gasteiger partial charge is 0.373 e. The number of benzene rings is 1. The fourth-order valence-electron chi connectivity index (χ4n) is 3.49. The highest BCUT2D eigenvalue weighted by Gasteiger charge is 2.41. The summed E-state index contributed by atoms with van der Waals surface area (Å²) in [5, 5.41) is 6.17. The van der Waals surface area contributed by atoms with Gasteiger partial charge in [-0.2, -0.15) is 13.2 Å². The second kappa shape index (κ2) is 7.93. The van der Waals surface area contributed by atoms with Crippen molar-refractivity contribution >= 4 is 18.3 Å². The molecule has 2 fully saturated rings. The number of piperidine rings is 1. The van der Waals surface area contributed by atoms with Crippen molar-refractivity contribution in [1.82, 2.24) is 10.6 Å². The number of alkyl halides is 3. The van der Waals surface area contributed by atoms with Crippen molar-refractivity contribution in [3.63, 3.8) is 0 Å². The number of halogens is 4. The van der Waals surface area contributed by atoms with E-state index in [0.29, 0.717) is 12.2 Å².